The van der Waals surface area contributed by atoms with Crippen LogP contribution < -0.4 is 4.74 Å². The number of benzene rings is 1. The highest BCUT2D eigenvalue weighted by atomic mass is 79.9. The topological polar surface area (TPSA) is 29.5 Å². The van der Waals surface area contributed by atoms with Gasteiger partial charge in [0.1, 0.15) is 12.4 Å². The normalized spacial score (nSPS) is 10.5. The molecule has 90 valence electrons. The molecule has 1 aromatic carbocycles. The lowest BCUT2D eigenvalue weighted by atomic mass is 10.1. The van der Waals surface area contributed by atoms with E-state index >= 15 is 0 Å². The summed E-state index contributed by atoms with van der Waals surface area (Å²) >= 11 is 5.06. The number of thiophene rings is 1. The molecule has 2 rings (SSSR count). The number of hydrogen-bond acceptors (Lipinski definition) is 3. The van der Waals surface area contributed by atoms with Gasteiger partial charge in [0.25, 0.3) is 0 Å². The third-order valence-electron chi connectivity index (χ3n) is 2.38. The standard InChI is InChI=1S/C13H13BrO2S/c1-9-2-3-13(10(4-9)6-15)16-7-12-5-11(14)8-17-12/h2-5,8,15H,6-7H2,1H3. The highest BCUT2D eigenvalue weighted by Crippen LogP contribution is 2.24. The van der Waals surface area contributed by atoms with Gasteiger partial charge < -0.3 is 9.84 Å². The fourth-order valence-corrected chi connectivity index (χ4v) is 2.91. The van der Waals surface area contributed by atoms with Crippen LogP contribution in [0.2, 0.25) is 0 Å². The number of aliphatic hydroxyl groups excluding tert-OH is 1. The summed E-state index contributed by atoms with van der Waals surface area (Å²) in [6.45, 7) is 2.54. The van der Waals surface area contributed by atoms with Crippen LogP contribution in [0.1, 0.15) is 16.0 Å². The van der Waals surface area contributed by atoms with Gasteiger partial charge in [-0.1, -0.05) is 17.7 Å². The first kappa shape index (κ1) is 12.6. The van der Waals surface area contributed by atoms with Crippen LogP contribution in [0.15, 0.2) is 34.1 Å². The third-order valence-corrected chi connectivity index (χ3v) is 4.05. The van der Waals surface area contributed by atoms with Crippen molar-refractivity contribution in [3.63, 3.8) is 0 Å². The van der Waals surface area contributed by atoms with Crippen LogP contribution in [0.4, 0.5) is 0 Å². The maximum Gasteiger partial charge on any atom is 0.125 e. The smallest absolute Gasteiger partial charge is 0.125 e. The summed E-state index contributed by atoms with van der Waals surface area (Å²) in [5.74, 6) is 0.752. The molecule has 0 amide bonds. The van der Waals surface area contributed by atoms with Gasteiger partial charge in [0.2, 0.25) is 0 Å². The van der Waals surface area contributed by atoms with Gasteiger partial charge >= 0.3 is 0 Å². The van der Waals surface area contributed by atoms with Crippen LogP contribution in [-0.4, -0.2) is 5.11 Å². The number of aryl methyl sites for hydroxylation is 1. The van der Waals surface area contributed by atoms with E-state index in [-0.39, 0.29) is 6.61 Å². The van der Waals surface area contributed by atoms with Crippen molar-refractivity contribution >= 4 is 27.3 Å². The second-order valence-electron chi connectivity index (χ2n) is 3.79. The second kappa shape index (κ2) is 5.67. The van der Waals surface area contributed by atoms with E-state index < -0.39 is 0 Å². The first-order valence-corrected chi connectivity index (χ1v) is 6.92. The van der Waals surface area contributed by atoms with Crippen molar-refractivity contribution in [3.05, 3.63) is 50.1 Å². The molecule has 1 aromatic heterocycles. The molecule has 0 fully saturated rings. The SMILES string of the molecule is Cc1ccc(OCc2cc(Br)cs2)c(CO)c1. The number of ether oxygens (including phenoxy) is 1. The lowest BCUT2D eigenvalue weighted by Gasteiger charge is -2.09. The average molecular weight is 313 g/mol. The van der Waals surface area contributed by atoms with E-state index in [1.807, 2.05) is 36.6 Å². The molecular weight excluding hydrogens is 300 g/mol. The number of hydrogen-bond donors (Lipinski definition) is 1. The largest absolute Gasteiger partial charge is 0.488 e. The highest BCUT2D eigenvalue weighted by molar-refractivity contribution is 9.10. The van der Waals surface area contributed by atoms with Crippen LogP contribution in [0.5, 0.6) is 5.75 Å². The molecule has 1 N–H and O–H groups in total. The summed E-state index contributed by atoms with van der Waals surface area (Å²) in [5.41, 5.74) is 1.96. The predicted molar refractivity (Wildman–Crippen MR) is 73.5 cm³/mol. The van der Waals surface area contributed by atoms with E-state index in [1.54, 1.807) is 11.3 Å². The van der Waals surface area contributed by atoms with Crippen molar-refractivity contribution in [1.29, 1.82) is 0 Å². The summed E-state index contributed by atoms with van der Waals surface area (Å²) in [7, 11) is 0. The quantitative estimate of drug-likeness (QED) is 0.928. The molecule has 1 heterocycles. The molecule has 0 bridgehead atoms. The van der Waals surface area contributed by atoms with Crippen LogP contribution in [-0.2, 0) is 13.2 Å². The van der Waals surface area contributed by atoms with Crippen molar-refractivity contribution in [3.8, 4) is 5.75 Å². The van der Waals surface area contributed by atoms with Gasteiger partial charge in [0, 0.05) is 20.3 Å². The molecule has 0 aliphatic heterocycles. The Labute approximate surface area is 113 Å². The molecular formula is C13H13BrO2S. The number of aliphatic hydroxyl groups is 1. The van der Waals surface area contributed by atoms with Gasteiger partial charge in [0.15, 0.2) is 0 Å². The van der Waals surface area contributed by atoms with Crippen LogP contribution >= 0.6 is 27.3 Å². The molecule has 0 radical (unpaired) electrons. The second-order valence-corrected chi connectivity index (χ2v) is 5.70. The van der Waals surface area contributed by atoms with Crippen LogP contribution in [0, 0.1) is 6.92 Å². The van der Waals surface area contributed by atoms with Gasteiger partial charge in [-0.05, 0) is 35.0 Å². The van der Waals surface area contributed by atoms with Crippen molar-refractivity contribution in [1.82, 2.24) is 0 Å². The molecule has 0 spiro atoms. The lowest BCUT2D eigenvalue weighted by Crippen LogP contribution is -1.97. The molecule has 0 unspecified atom stereocenters. The average Bonchev–Trinajstić information content (AvgIpc) is 2.73. The summed E-state index contributed by atoms with van der Waals surface area (Å²) in [6, 6.07) is 7.87. The Kier molecular flexibility index (Phi) is 4.20. The molecule has 4 heteroatoms. The summed E-state index contributed by atoms with van der Waals surface area (Å²) in [5, 5.41) is 11.3. The van der Waals surface area contributed by atoms with Gasteiger partial charge in [0.05, 0.1) is 6.61 Å². The van der Waals surface area contributed by atoms with Crippen LogP contribution in [0.25, 0.3) is 0 Å². The molecule has 0 saturated heterocycles. The zero-order chi connectivity index (χ0) is 12.3. The molecule has 0 aliphatic rings. The maximum atomic E-state index is 9.26. The fourth-order valence-electron chi connectivity index (χ4n) is 1.55. The van der Waals surface area contributed by atoms with E-state index in [0.717, 1.165) is 26.2 Å². The Morgan fingerprint density at radius 3 is 2.82 bits per heavy atom. The van der Waals surface area contributed by atoms with E-state index in [2.05, 4.69) is 15.9 Å². The zero-order valence-electron chi connectivity index (χ0n) is 9.44. The minimum absolute atomic E-state index is 0.00511. The highest BCUT2D eigenvalue weighted by Gasteiger charge is 2.04. The Morgan fingerprint density at radius 1 is 1.35 bits per heavy atom. The van der Waals surface area contributed by atoms with Gasteiger partial charge in [-0.25, -0.2) is 0 Å². The third kappa shape index (κ3) is 3.31. The van der Waals surface area contributed by atoms with E-state index in [4.69, 9.17) is 4.74 Å². The Balaban J connectivity index is 2.08. The monoisotopic (exact) mass is 312 g/mol. The van der Waals surface area contributed by atoms with Crippen molar-refractivity contribution in [2.45, 2.75) is 20.1 Å². The Morgan fingerprint density at radius 2 is 2.18 bits per heavy atom. The lowest BCUT2D eigenvalue weighted by molar-refractivity contribution is 0.260. The maximum absolute atomic E-state index is 9.26. The fraction of sp³-hybridized carbons (Fsp3) is 0.231. The molecule has 0 saturated carbocycles. The zero-order valence-corrected chi connectivity index (χ0v) is 11.8. The van der Waals surface area contributed by atoms with Crippen LogP contribution in [0.3, 0.4) is 0 Å². The summed E-state index contributed by atoms with van der Waals surface area (Å²) in [4.78, 5) is 1.15. The van der Waals surface area contributed by atoms with Crippen molar-refractivity contribution in [2.24, 2.45) is 0 Å². The first-order valence-electron chi connectivity index (χ1n) is 5.25. The summed E-state index contributed by atoms with van der Waals surface area (Å²) < 4.78 is 6.79. The van der Waals surface area contributed by atoms with E-state index in [9.17, 15) is 5.11 Å². The van der Waals surface area contributed by atoms with Crippen molar-refractivity contribution < 1.29 is 9.84 Å². The predicted octanol–water partition coefficient (Wildman–Crippen LogP) is 3.89. The van der Waals surface area contributed by atoms with Gasteiger partial charge in [-0.15, -0.1) is 11.3 Å². The molecule has 2 aromatic rings. The number of halogens is 1. The summed E-state index contributed by atoms with van der Waals surface area (Å²) in [6.07, 6.45) is 0. The minimum atomic E-state index is 0.00511. The van der Waals surface area contributed by atoms with E-state index in [0.29, 0.717) is 6.61 Å². The first-order chi connectivity index (χ1) is 8.19. The minimum Gasteiger partial charge on any atom is -0.488 e. The van der Waals surface area contributed by atoms with Gasteiger partial charge in [-0.2, -0.15) is 0 Å². The molecule has 17 heavy (non-hydrogen) atoms. The van der Waals surface area contributed by atoms with E-state index in [1.165, 1.54) is 0 Å². The Bertz CT molecular complexity index is 508. The Hall–Kier alpha value is -0.840. The number of rotatable bonds is 4. The van der Waals surface area contributed by atoms with Gasteiger partial charge in [-0.3, -0.25) is 0 Å². The van der Waals surface area contributed by atoms with Crippen molar-refractivity contribution in [2.75, 3.05) is 0 Å². The molecule has 0 atom stereocenters. The molecule has 2 nitrogen and oxygen atoms in total. The molecule has 0 aliphatic carbocycles.